The van der Waals surface area contributed by atoms with Gasteiger partial charge in [0, 0.05) is 11.8 Å². The highest BCUT2D eigenvalue weighted by Gasteiger charge is 2.09. The van der Waals surface area contributed by atoms with Gasteiger partial charge in [0.05, 0.1) is 11.8 Å². The van der Waals surface area contributed by atoms with Crippen molar-refractivity contribution in [1.29, 1.82) is 0 Å². The van der Waals surface area contributed by atoms with E-state index in [1.165, 1.54) is 6.07 Å². The first-order valence-electron chi connectivity index (χ1n) is 4.06. The normalized spacial score (nSPS) is 10.1. The Labute approximate surface area is 79.6 Å². The van der Waals surface area contributed by atoms with Crippen LogP contribution >= 0.6 is 0 Å². The Balaban J connectivity index is 2.64. The molecule has 2 rings (SSSR count). The molecule has 0 aliphatic heterocycles. The van der Waals surface area contributed by atoms with Crippen molar-refractivity contribution in [2.45, 2.75) is 0 Å². The minimum atomic E-state index is -0.515. The second-order valence-electron chi connectivity index (χ2n) is 2.81. The Morgan fingerprint density at radius 3 is 2.93 bits per heavy atom. The summed E-state index contributed by atoms with van der Waals surface area (Å²) in [5.74, 6) is -0.515. The zero-order valence-electron chi connectivity index (χ0n) is 7.20. The summed E-state index contributed by atoms with van der Waals surface area (Å²) < 4.78 is 13.2. The summed E-state index contributed by atoms with van der Waals surface area (Å²) in [7, 11) is 0. The van der Waals surface area contributed by atoms with Crippen LogP contribution in [0.4, 0.5) is 4.39 Å². The molecule has 0 unspecified atom stereocenters. The van der Waals surface area contributed by atoms with Gasteiger partial charge in [-0.3, -0.25) is 9.89 Å². The van der Waals surface area contributed by atoms with Crippen molar-refractivity contribution >= 4 is 6.29 Å². The van der Waals surface area contributed by atoms with Crippen LogP contribution in [0.5, 0.6) is 0 Å². The van der Waals surface area contributed by atoms with E-state index in [1.54, 1.807) is 24.5 Å². The van der Waals surface area contributed by atoms with Crippen LogP contribution in [-0.2, 0) is 0 Å². The van der Waals surface area contributed by atoms with Crippen molar-refractivity contribution < 1.29 is 9.18 Å². The van der Waals surface area contributed by atoms with Gasteiger partial charge >= 0.3 is 0 Å². The third-order valence-electron chi connectivity index (χ3n) is 1.98. The molecule has 0 spiro atoms. The van der Waals surface area contributed by atoms with Crippen molar-refractivity contribution in [3.63, 3.8) is 0 Å². The molecule has 4 heteroatoms. The summed E-state index contributed by atoms with van der Waals surface area (Å²) in [6, 6.07) is 4.50. The average molecular weight is 190 g/mol. The standard InChI is InChI=1S/C10H7FN2O/c11-10-3-1-2-8(9(10)6-14)7-4-12-13-5-7/h1-6H,(H,12,13). The molecule has 0 atom stereocenters. The Morgan fingerprint density at radius 2 is 2.29 bits per heavy atom. The van der Waals surface area contributed by atoms with Crippen molar-refractivity contribution in [3.05, 3.63) is 42.0 Å². The third kappa shape index (κ3) is 1.31. The zero-order chi connectivity index (χ0) is 9.97. The predicted molar refractivity (Wildman–Crippen MR) is 49.4 cm³/mol. The van der Waals surface area contributed by atoms with E-state index in [0.29, 0.717) is 17.4 Å². The molecular weight excluding hydrogens is 183 g/mol. The molecule has 0 bridgehead atoms. The summed E-state index contributed by atoms with van der Waals surface area (Å²) in [6.07, 6.45) is 3.67. The number of carbonyl (C=O) groups excluding carboxylic acids is 1. The predicted octanol–water partition coefficient (Wildman–Crippen LogP) is 2.03. The van der Waals surface area contributed by atoms with E-state index < -0.39 is 5.82 Å². The number of benzene rings is 1. The fourth-order valence-electron chi connectivity index (χ4n) is 1.31. The minimum Gasteiger partial charge on any atom is -0.298 e. The summed E-state index contributed by atoms with van der Waals surface area (Å²) in [4.78, 5) is 10.7. The SMILES string of the molecule is O=Cc1c(F)cccc1-c1cn[nH]c1. The topological polar surface area (TPSA) is 45.8 Å². The van der Waals surface area contributed by atoms with E-state index in [9.17, 15) is 9.18 Å². The molecule has 0 saturated heterocycles. The molecule has 14 heavy (non-hydrogen) atoms. The Morgan fingerprint density at radius 1 is 1.43 bits per heavy atom. The number of nitrogens with one attached hydrogen (secondary N) is 1. The van der Waals surface area contributed by atoms with Crippen molar-refractivity contribution in [1.82, 2.24) is 10.2 Å². The van der Waals surface area contributed by atoms with Gasteiger partial charge < -0.3 is 0 Å². The molecule has 0 radical (unpaired) electrons. The summed E-state index contributed by atoms with van der Waals surface area (Å²) in [5.41, 5.74) is 1.31. The van der Waals surface area contributed by atoms with Gasteiger partial charge in [0.2, 0.25) is 0 Å². The van der Waals surface area contributed by atoms with Crippen LogP contribution in [0.1, 0.15) is 10.4 Å². The number of halogens is 1. The molecule has 70 valence electrons. The minimum absolute atomic E-state index is 0.0638. The average Bonchev–Trinajstić information content (AvgIpc) is 2.70. The fraction of sp³-hybridized carbons (Fsp3) is 0. The van der Waals surface area contributed by atoms with Crippen molar-refractivity contribution in [2.75, 3.05) is 0 Å². The van der Waals surface area contributed by atoms with E-state index in [2.05, 4.69) is 10.2 Å². The summed E-state index contributed by atoms with van der Waals surface area (Å²) in [6.45, 7) is 0. The van der Waals surface area contributed by atoms with E-state index in [4.69, 9.17) is 0 Å². The number of H-pyrrole nitrogens is 1. The fourth-order valence-corrected chi connectivity index (χ4v) is 1.31. The van der Waals surface area contributed by atoms with Gasteiger partial charge in [-0.25, -0.2) is 4.39 Å². The molecule has 0 aliphatic rings. The first kappa shape index (κ1) is 8.62. The number of rotatable bonds is 2. The number of aldehydes is 1. The zero-order valence-corrected chi connectivity index (χ0v) is 7.20. The molecule has 2 aromatic rings. The van der Waals surface area contributed by atoms with Crippen LogP contribution in [0.25, 0.3) is 11.1 Å². The molecular formula is C10H7FN2O. The molecule has 1 aromatic carbocycles. The van der Waals surface area contributed by atoms with Crippen LogP contribution in [0.15, 0.2) is 30.6 Å². The number of hydrogen-bond donors (Lipinski definition) is 1. The van der Waals surface area contributed by atoms with Crippen LogP contribution < -0.4 is 0 Å². The van der Waals surface area contributed by atoms with Crippen molar-refractivity contribution in [2.24, 2.45) is 0 Å². The van der Waals surface area contributed by atoms with E-state index >= 15 is 0 Å². The number of aromatic amines is 1. The number of aromatic nitrogens is 2. The molecule has 0 aliphatic carbocycles. The maximum atomic E-state index is 13.2. The van der Waals surface area contributed by atoms with E-state index in [1.807, 2.05) is 0 Å². The monoisotopic (exact) mass is 190 g/mol. The molecule has 1 heterocycles. The van der Waals surface area contributed by atoms with Gasteiger partial charge in [-0.1, -0.05) is 12.1 Å². The number of carbonyl (C=O) groups is 1. The lowest BCUT2D eigenvalue weighted by molar-refractivity contribution is 0.112. The highest BCUT2D eigenvalue weighted by molar-refractivity contribution is 5.87. The molecule has 0 amide bonds. The second kappa shape index (κ2) is 3.41. The van der Waals surface area contributed by atoms with Crippen molar-refractivity contribution in [3.8, 4) is 11.1 Å². The summed E-state index contributed by atoms with van der Waals surface area (Å²) in [5, 5.41) is 6.35. The highest BCUT2D eigenvalue weighted by atomic mass is 19.1. The maximum Gasteiger partial charge on any atom is 0.153 e. The molecule has 1 N–H and O–H groups in total. The molecule has 0 fully saturated rings. The van der Waals surface area contributed by atoms with Crippen LogP contribution in [0.3, 0.4) is 0 Å². The van der Waals surface area contributed by atoms with Gasteiger partial charge in [-0.15, -0.1) is 0 Å². The Bertz CT molecular complexity index is 451. The van der Waals surface area contributed by atoms with Gasteiger partial charge in [-0.2, -0.15) is 5.10 Å². The molecule has 1 aromatic heterocycles. The molecule has 0 saturated carbocycles. The van der Waals surface area contributed by atoms with Gasteiger partial charge in [0.1, 0.15) is 5.82 Å². The molecule has 3 nitrogen and oxygen atoms in total. The first-order valence-corrected chi connectivity index (χ1v) is 4.06. The van der Waals surface area contributed by atoms with Gasteiger partial charge in [0.25, 0.3) is 0 Å². The van der Waals surface area contributed by atoms with Crippen LogP contribution in [-0.4, -0.2) is 16.5 Å². The maximum absolute atomic E-state index is 13.2. The highest BCUT2D eigenvalue weighted by Crippen LogP contribution is 2.22. The quantitative estimate of drug-likeness (QED) is 0.736. The Hall–Kier alpha value is -1.97. The van der Waals surface area contributed by atoms with E-state index in [-0.39, 0.29) is 5.56 Å². The smallest absolute Gasteiger partial charge is 0.153 e. The lowest BCUT2D eigenvalue weighted by Crippen LogP contribution is -1.91. The lowest BCUT2D eigenvalue weighted by Gasteiger charge is -2.01. The van der Waals surface area contributed by atoms with Gasteiger partial charge in [0.15, 0.2) is 6.29 Å². The lowest BCUT2D eigenvalue weighted by atomic mass is 10.0. The first-order chi connectivity index (χ1) is 6.83. The van der Waals surface area contributed by atoms with Gasteiger partial charge in [-0.05, 0) is 11.6 Å². The Kier molecular flexibility index (Phi) is 2.10. The number of nitrogens with zero attached hydrogens (tertiary/aromatic N) is 1. The summed E-state index contributed by atoms with van der Waals surface area (Å²) >= 11 is 0. The second-order valence-corrected chi connectivity index (χ2v) is 2.81. The number of hydrogen-bond acceptors (Lipinski definition) is 2. The van der Waals surface area contributed by atoms with E-state index in [0.717, 1.165) is 0 Å². The largest absolute Gasteiger partial charge is 0.298 e. The van der Waals surface area contributed by atoms with Crippen LogP contribution in [0, 0.1) is 5.82 Å². The van der Waals surface area contributed by atoms with Crippen LogP contribution in [0.2, 0.25) is 0 Å². The third-order valence-corrected chi connectivity index (χ3v) is 1.98.